The van der Waals surface area contributed by atoms with Crippen LogP contribution in [0.25, 0.3) is 0 Å². The van der Waals surface area contributed by atoms with Gasteiger partial charge in [0.25, 0.3) is 5.91 Å². The predicted molar refractivity (Wildman–Crippen MR) is 123 cm³/mol. The molecule has 2 aromatic rings. The summed E-state index contributed by atoms with van der Waals surface area (Å²) in [5.41, 5.74) is 2.60. The highest BCUT2D eigenvalue weighted by Crippen LogP contribution is 2.27. The second kappa shape index (κ2) is 9.12. The number of sulfonamides is 1. The molecule has 1 saturated heterocycles. The van der Waals surface area contributed by atoms with Crippen molar-refractivity contribution in [3.63, 3.8) is 0 Å². The Kier molecular flexibility index (Phi) is 6.95. The van der Waals surface area contributed by atoms with Gasteiger partial charge in [0, 0.05) is 24.5 Å². The number of likely N-dealkylation sites (tertiary alicyclic amines) is 1. The van der Waals surface area contributed by atoms with E-state index in [0.717, 1.165) is 36.4 Å². The van der Waals surface area contributed by atoms with E-state index >= 15 is 0 Å². The maximum atomic E-state index is 12.9. The Morgan fingerprint density at radius 3 is 2.27 bits per heavy atom. The second-order valence-corrected chi connectivity index (χ2v) is 11.2. The minimum absolute atomic E-state index is 0.0509. The van der Waals surface area contributed by atoms with Gasteiger partial charge in [-0.2, -0.15) is 0 Å². The minimum Gasteiger partial charge on any atom is -0.339 e. The lowest BCUT2D eigenvalue weighted by Crippen LogP contribution is -2.29. The molecule has 7 heteroatoms. The van der Waals surface area contributed by atoms with E-state index in [1.54, 1.807) is 17.0 Å². The van der Waals surface area contributed by atoms with E-state index in [-0.39, 0.29) is 22.8 Å². The van der Waals surface area contributed by atoms with E-state index in [1.165, 1.54) is 23.4 Å². The zero-order valence-electron chi connectivity index (χ0n) is 18.1. The molecule has 0 aliphatic carbocycles. The molecule has 0 atom stereocenters. The Bertz CT molecular complexity index is 1000. The number of hydrogen-bond acceptors (Lipinski definition) is 4. The Morgan fingerprint density at radius 1 is 1.07 bits per heavy atom. The number of thioether (sulfide) groups is 1. The third-order valence-corrected chi connectivity index (χ3v) is 7.59. The van der Waals surface area contributed by atoms with Crippen LogP contribution >= 0.6 is 11.8 Å². The maximum absolute atomic E-state index is 12.9. The molecule has 0 spiro atoms. The fraction of sp³-hybridized carbons (Fsp3) is 0.435. The largest absolute Gasteiger partial charge is 0.339 e. The van der Waals surface area contributed by atoms with Gasteiger partial charge in [0.05, 0.1) is 10.5 Å². The first-order valence-corrected chi connectivity index (χ1v) is 12.9. The van der Waals surface area contributed by atoms with E-state index in [2.05, 4.69) is 25.5 Å². The minimum atomic E-state index is -3.73. The van der Waals surface area contributed by atoms with Gasteiger partial charge in [0.2, 0.25) is 10.0 Å². The summed E-state index contributed by atoms with van der Waals surface area (Å²) >= 11 is 1.45. The van der Waals surface area contributed by atoms with Crippen molar-refractivity contribution in [1.82, 2.24) is 9.62 Å². The topological polar surface area (TPSA) is 66.5 Å². The predicted octanol–water partition coefficient (Wildman–Crippen LogP) is 4.42. The second-order valence-electron chi connectivity index (χ2n) is 8.63. The molecule has 0 bridgehead atoms. The molecule has 0 saturated carbocycles. The first-order valence-electron chi connectivity index (χ1n) is 10.2. The summed E-state index contributed by atoms with van der Waals surface area (Å²) in [6, 6.07) is 12.8. The highest BCUT2D eigenvalue weighted by Gasteiger charge is 2.24. The summed E-state index contributed by atoms with van der Waals surface area (Å²) in [6.07, 6.45) is 3.88. The third kappa shape index (κ3) is 5.25. The lowest BCUT2D eigenvalue weighted by Gasteiger charge is -2.19. The number of amides is 1. The Balaban J connectivity index is 1.78. The monoisotopic (exact) mass is 446 g/mol. The normalized spacial score (nSPS) is 14.9. The van der Waals surface area contributed by atoms with Gasteiger partial charge < -0.3 is 4.90 Å². The highest BCUT2D eigenvalue weighted by atomic mass is 32.2. The van der Waals surface area contributed by atoms with Crippen LogP contribution < -0.4 is 4.72 Å². The molecule has 5 nitrogen and oxygen atoms in total. The maximum Gasteiger partial charge on any atom is 0.255 e. The fourth-order valence-corrected chi connectivity index (χ4v) is 5.11. The van der Waals surface area contributed by atoms with Crippen LogP contribution in [0, 0.1) is 0 Å². The van der Waals surface area contributed by atoms with Crippen LogP contribution in [0.15, 0.2) is 52.3 Å². The van der Waals surface area contributed by atoms with Crippen molar-refractivity contribution in [1.29, 1.82) is 0 Å². The van der Waals surface area contributed by atoms with E-state index in [4.69, 9.17) is 0 Å². The van der Waals surface area contributed by atoms with Crippen LogP contribution in [0.2, 0.25) is 0 Å². The summed E-state index contributed by atoms with van der Waals surface area (Å²) in [5, 5.41) is 0. The molecule has 1 N–H and O–H groups in total. The van der Waals surface area contributed by atoms with Crippen LogP contribution in [-0.4, -0.2) is 38.6 Å². The van der Waals surface area contributed by atoms with Gasteiger partial charge in [-0.1, -0.05) is 45.0 Å². The molecule has 0 unspecified atom stereocenters. The smallest absolute Gasteiger partial charge is 0.255 e. The van der Waals surface area contributed by atoms with E-state index in [9.17, 15) is 13.2 Å². The van der Waals surface area contributed by atoms with Crippen molar-refractivity contribution in [3.05, 3.63) is 59.2 Å². The number of benzene rings is 2. The molecule has 1 fully saturated rings. The molecule has 2 aromatic carbocycles. The Labute approximate surface area is 184 Å². The van der Waals surface area contributed by atoms with Crippen LogP contribution in [0.3, 0.4) is 0 Å². The van der Waals surface area contributed by atoms with Crippen LogP contribution in [-0.2, 0) is 22.0 Å². The number of carbonyl (C=O) groups is 1. The van der Waals surface area contributed by atoms with Crippen LogP contribution in [0.4, 0.5) is 0 Å². The quantitative estimate of drug-likeness (QED) is 0.667. The van der Waals surface area contributed by atoms with E-state index in [1.807, 2.05) is 30.5 Å². The summed E-state index contributed by atoms with van der Waals surface area (Å²) < 4.78 is 28.4. The number of hydrogen-bond donors (Lipinski definition) is 1. The Morgan fingerprint density at radius 2 is 1.70 bits per heavy atom. The van der Waals surface area contributed by atoms with Crippen molar-refractivity contribution in [3.8, 4) is 0 Å². The van der Waals surface area contributed by atoms with E-state index < -0.39 is 10.0 Å². The summed E-state index contributed by atoms with van der Waals surface area (Å²) in [6.45, 7) is 8.09. The van der Waals surface area contributed by atoms with Crippen molar-refractivity contribution in [2.75, 3.05) is 19.3 Å². The lowest BCUT2D eigenvalue weighted by atomic mass is 9.87. The average Bonchev–Trinajstić information content (AvgIpc) is 3.26. The zero-order chi connectivity index (χ0) is 21.9. The van der Waals surface area contributed by atoms with Gasteiger partial charge in [0.1, 0.15) is 0 Å². The first-order chi connectivity index (χ1) is 14.1. The molecule has 0 aromatic heterocycles. The molecular formula is C23H30N2O3S2. The van der Waals surface area contributed by atoms with Crippen molar-refractivity contribution in [2.45, 2.75) is 55.4 Å². The van der Waals surface area contributed by atoms with Gasteiger partial charge in [-0.05, 0) is 53.8 Å². The molecule has 1 amide bonds. The lowest BCUT2D eigenvalue weighted by molar-refractivity contribution is 0.0789. The third-order valence-electron chi connectivity index (χ3n) is 5.39. The highest BCUT2D eigenvalue weighted by molar-refractivity contribution is 7.98. The standard InChI is InChI=1S/C23H30N2O3S2/c1-23(2,3)18-9-7-17(8-10-18)16-24-30(27,28)19-11-12-21(29-4)20(15-19)22(26)25-13-5-6-14-25/h7-12,15,24H,5-6,13-14,16H2,1-4H3. The number of carbonyl (C=O) groups excluding carboxylic acids is 1. The van der Waals surface area contributed by atoms with E-state index in [0.29, 0.717) is 5.56 Å². The number of rotatable bonds is 6. The van der Waals surface area contributed by atoms with Crippen LogP contribution in [0.1, 0.15) is 55.1 Å². The number of nitrogens with one attached hydrogen (secondary N) is 1. The van der Waals surface area contributed by atoms with Crippen molar-refractivity contribution >= 4 is 27.7 Å². The SMILES string of the molecule is CSc1ccc(S(=O)(=O)NCc2ccc(C(C)(C)C)cc2)cc1C(=O)N1CCCC1. The van der Waals surface area contributed by atoms with Gasteiger partial charge in [0.15, 0.2) is 0 Å². The first kappa shape index (κ1) is 22.8. The molecule has 1 heterocycles. The van der Waals surface area contributed by atoms with Crippen LogP contribution in [0.5, 0.6) is 0 Å². The molecule has 1 aliphatic rings. The summed E-state index contributed by atoms with van der Waals surface area (Å²) in [7, 11) is -3.73. The van der Waals surface area contributed by atoms with Gasteiger partial charge >= 0.3 is 0 Å². The molecular weight excluding hydrogens is 416 g/mol. The van der Waals surface area contributed by atoms with Crippen molar-refractivity contribution < 1.29 is 13.2 Å². The molecule has 3 rings (SSSR count). The van der Waals surface area contributed by atoms with Gasteiger partial charge in [-0.15, -0.1) is 11.8 Å². The number of nitrogens with zero attached hydrogens (tertiary/aromatic N) is 1. The Hall–Kier alpha value is -1.83. The molecule has 30 heavy (non-hydrogen) atoms. The molecule has 0 radical (unpaired) electrons. The average molecular weight is 447 g/mol. The fourth-order valence-electron chi connectivity index (χ4n) is 3.50. The van der Waals surface area contributed by atoms with Gasteiger partial charge in [-0.25, -0.2) is 13.1 Å². The molecule has 162 valence electrons. The summed E-state index contributed by atoms with van der Waals surface area (Å²) in [5.74, 6) is -0.0910. The summed E-state index contributed by atoms with van der Waals surface area (Å²) in [4.78, 5) is 15.6. The van der Waals surface area contributed by atoms with Crippen molar-refractivity contribution in [2.24, 2.45) is 0 Å². The zero-order valence-corrected chi connectivity index (χ0v) is 19.7. The van der Waals surface area contributed by atoms with Gasteiger partial charge in [-0.3, -0.25) is 4.79 Å². The molecule has 1 aliphatic heterocycles.